The third-order valence-electron chi connectivity index (χ3n) is 2.61. The Balaban J connectivity index is 1.76. The number of pyridine rings is 1. The van der Waals surface area contributed by atoms with Crippen molar-refractivity contribution in [1.29, 1.82) is 0 Å². The molecule has 16 heavy (non-hydrogen) atoms. The second-order valence-corrected chi connectivity index (χ2v) is 4.46. The minimum atomic E-state index is -0.436. The van der Waals surface area contributed by atoms with E-state index < -0.39 is 5.79 Å². The standard InChI is InChI=1S/C12H18N2O2/c1-12(2)15-8-11(9-16-12)14-7-10-3-5-13-6-4-10/h3-6,11,14H,7-9H2,1-2H3. The quantitative estimate of drug-likeness (QED) is 0.837. The van der Waals surface area contributed by atoms with Gasteiger partial charge in [-0.05, 0) is 31.5 Å². The van der Waals surface area contributed by atoms with E-state index in [4.69, 9.17) is 9.47 Å². The average molecular weight is 222 g/mol. The fourth-order valence-electron chi connectivity index (χ4n) is 1.57. The maximum absolute atomic E-state index is 5.57. The number of hydrogen-bond donors (Lipinski definition) is 1. The normalized spacial score (nSPS) is 20.9. The number of rotatable bonds is 3. The minimum Gasteiger partial charge on any atom is -0.349 e. The Labute approximate surface area is 96.0 Å². The molecule has 0 aromatic carbocycles. The van der Waals surface area contributed by atoms with Gasteiger partial charge in [-0.25, -0.2) is 0 Å². The van der Waals surface area contributed by atoms with Gasteiger partial charge in [0, 0.05) is 18.9 Å². The lowest BCUT2D eigenvalue weighted by Gasteiger charge is -2.35. The summed E-state index contributed by atoms with van der Waals surface area (Å²) in [6, 6.07) is 4.27. The minimum absolute atomic E-state index is 0.265. The lowest BCUT2D eigenvalue weighted by atomic mass is 10.2. The van der Waals surface area contributed by atoms with Gasteiger partial charge >= 0.3 is 0 Å². The van der Waals surface area contributed by atoms with E-state index in [9.17, 15) is 0 Å². The molecule has 0 atom stereocenters. The number of ether oxygens (including phenoxy) is 2. The van der Waals surface area contributed by atoms with Crippen LogP contribution in [-0.2, 0) is 16.0 Å². The Morgan fingerprint density at radius 3 is 2.56 bits per heavy atom. The van der Waals surface area contributed by atoms with Crippen LogP contribution in [0.2, 0.25) is 0 Å². The Morgan fingerprint density at radius 2 is 1.94 bits per heavy atom. The zero-order valence-electron chi connectivity index (χ0n) is 9.77. The molecule has 0 unspecified atom stereocenters. The van der Waals surface area contributed by atoms with Gasteiger partial charge in [0.2, 0.25) is 0 Å². The van der Waals surface area contributed by atoms with Crippen molar-refractivity contribution in [3.8, 4) is 0 Å². The molecule has 0 amide bonds. The van der Waals surface area contributed by atoms with Gasteiger partial charge in [-0.2, -0.15) is 0 Å². The molecule has 88 valence electrons. The Morgan fingerprint density at radius 1 is 1.31 bits per heavy atom. The highest BCUT2D eigenvalue weighted by atomic mass is 16.7. The van der Waals surface area contributed by atoms with Crippen LogP contribution in [0.15, 0.2) is 24.5 Å². The third-order valence-corrected chi connectivity index (χ3v) is 2.61. The predicted molar refractivity (Wildman–Crippen MR) is 60.8 cm³/mol. The van der Waals surface area contributed by atoms with Gasteiger partial charge in [0.1, 0.15) is 0 Å². The summed E-state index contributed by atoms with van der Waals surface area (Å²) in [6.07, 6.45) is 3.60. The Kier molecular flexibility index (Phi) is 3.53. The van der Waals surface area contributed by atoms with Gasteiger partial charge in [-0.15, -0.1) is 0 Å². The molecule has 2 heterocycles. The van der Waals surface area contributed by atoms with E-state index in [1.807, 2.05) is 26.0 Å². The van der Waals surface area contributed by atoms with Crippen LogP contribution < -0.4 is 5.32 Å². The molecule has 0 radical (unpaired) electrons. The van der Waals surface area contributed by atoms with Crippen molar-refractivity contribution in [3.63, 3.8) is 0 Å². The molecule has 2 rings (SSSR count). The van der Waals surface area contributed by atoms with Crippen LogP contribution in [0.3, 0.4) is 0 Å². The predicted octanol–water partition coefficient (Wildman–Crippen LogP) is 1.32. The third kappa shape index (κ3) is 3.27. The molecule has 1 fully saturated rings. The van der Waals surface area contributed by atoms with Gasteiger partial charge in [0.25, 0.3) is 0 Å². The van der Waals surface area contributed by atoms with Gasteiger partial charge in [0.15, 0.2) is 5.79 Å². The Hall–Kier alpha value is -0.970. The number of nitrogens with zero attached hydrogens (tertiary/aromatic N) is 1. The largest absolute Gasteiger partial charge is 0.349 e. The highest BCUT2D eigenvalue weighted by Crippen LogP contribution is 2.16. The molecular weight excluding hydrogens is 204 g/mol. The van der Waals surface area contributed by atoms with Crippen LogP contribution in [0.25, 0.3) is 0 Å². The summed E-state index contributed by atoms with van der Waals surface area (Å²) in [7, 11) is 0. The maximum atomic E-state index is 5.57. The van der Waals surface area contributed by atoms with Crippen LogP contribution in [0.4, 0.5) is 0 Å². The van der Waals surface area contributed by atoms with Gasteiger partial charge in [-0.1, -0.05) is 0 Å². The molecule has 0 bridgehead atoms. The van der Waals surface area contributed by atoms with Crippen LogP contribution >= 0.6 is 0 Å². The topological polar surface area (TPSA) is 43.4 Å². The van der Waals surface area contributed by atoms with E-state index in [0.717, 1.165) is 6.54 Å². The molecule has 1 N–H and O–H groups in total. The first-order chi connectivity index (χ1) is 7.66. The molecule has 1 aliphatic rings. The second kappa shape index (κ2) is 4.91. The molecule has 4 nitrogen and oxygen atoms in total. The first-order valence-electron chi connectivity index (χ1n) is 5.56. The van der Waals surface area contributed by atoms with Crippen LogP contribution in [0.1, 0.15) is 19.4 Å². The zero-order valence-corrected chi connectivity index (χ0v) is 9.77. The summed E-state index contributed by atoms with van der Waals surface area (Å²) in [4.78, 5) is 3.98. The zero-order chi connectivity index (χ0) is 11.4. The van der Waals surface area contributed by atoms with Crippen molar-refractivity contribution < 1.29 is 9.47 Å². The molecule has 0 saturated carbocycles. The van der Waals surface area contributed by atoms with Crippen LogP contribution in [0.5, 0.6) is 0 Å². The average Bonchev–Trinajstić information content (AvgIpc) is 2.29. The SMILES string of the molecule is CC1(C)OCC(NCc2ccncc2)CO1. The number of nitrogens with one attached hydrogen (secondary N) is 1. The van der Waals surface area contributed by atoms with Crippen molar-refractivity contribution >= 4 is 0 Å². The first-order valence-corrected chi connectivity index (χ1v) is 5.56. The van der Waals surface area contributed by atoms with Crippen LogP contribution in [-0.4, -0.2) is 30.0 Å². The van der Waals surface area contributed by atoms with E-state index in [0.29, 0.717) is 13.2 Å². The monoisotopic (exact) mass is 222 g/mol. The van der Waals surface area contributed by atoms with Gasteiger partial charge in [0.05, 0.1) is 19.3 Å². The highest BCUT2D eigenvalue weighted by molar-refractivity contribution is 5.09. The Bertz CT molecular complexity index is 317. The summed E-state index contributed by atoms with van der Waals surface area (Å²) in [5.41, 5.74) is 1.22. The molecular formula is C12H18N2O2. The lowest BCUT2D eigenvalue weighted by Crippen LogP contribution is -2.48. The van der Waals surface area contributed by atoms with Crippen molar-refractivity contribution in [1.82, 2.24) is 10.3 Å². The summed E-state index contributed by atoms with van der Waals surface area (Å²) in [5, 5.41) is 3.40. The molecule has 1 aliphatic heterocycles. The second-order valence-electron chi connectivity index (χ2n) is 4.46. The molecule has 1 saturated heterocycles. The highest BCUT2D eigenvalue weighted by Gasteiger charge is 2.27. The smallest absolute Gasteiger partial charge is 0.162 e. The first kappa shape index (κ1) is 11.5. The van der Waals surface area contributed by atoms with E-state index in [2.05, 4.69) is 10.3 Å². The van der Waals surface area contributed by atoms with E-state index in [1.165, 1.54) is 5.56 Å². The van der Waals surface area contributed by atoms with Crippen molar-refractivity contribution in [3.05, 3.63) is 30.1 Å². The fraction of sp³-hybridized carbons (Fsp3) is 0.583. The molecule has 1 aromatic heterocycles. The number of aromatic nitrogens is 1. The molecule has 0 spiro atoms. The fourth-order valence-corrected chi connectivity index (χ4v) is 1.57. The molecule has 1 aromatic rings. The summed E-state index contributed by atoms with van der Waals surface area (Å²) >= 11 is 0. The summed E-state index contributed by atoms with van der Waals surface area (Å²) in [6.45, 7) is 6.08. The van der Waals surface area contributed by atoms with Crippen molar-refractivity contribution in [2.24, 2.45) is 0 Å². The van der Waals surface area contributed by atoms with E-state index in [-0.39, 0.29) is 6.04 Å². The summed E-state index contributed by atoms with van der Waals surface area (Å²) in [5.74, 6) is -0.436. The summed E-state index contributed by atoms with van der Waals surface area (Å²) < 4.78 is 11.1. The number of hydrogen-bond acceptors (Lipinski definition) is 4. The van der Waals surface area contributed by atoms with Crippen molar-refractivity contribution in [2.45, 2.75) is 32.2 Å². The lowest BCUT2D eigenvalue weighted by molar-refractivity contribution is -0.253. The van der Waals surface area contributed by atoms with E-state index >= 15 is 0 Å². The van der Waals surface area contributed by atoms with Crippen molar-refractivity contribution in [2.75, 3.05) is 13.2 Å². The van der Waals surface area contributed by atoms with Crippen LogP contribution in [0, 0.1) is 0 Å². The van der Waals surface area contributed by atoms with Gasteiger partial charge < -0.3 is 14.8 Å². The van der Waals surface area contributed by atoms with Gasteiger partial charge in [-0.3, -0.25) is 4.98 Å². The van der Waals surface area contributed by atoms with E-state index in [1.54, 1.807) is 12.4 Å². The molecule has 4 heteroatoms. The molecule has 0 aliphatic carbocycles. The maximum Gasteiger partial charge on any atom is 0.162 e.